The molecule has 1 aromatic heterocycles. The van der Waals surface area contributed by atoms with Gasteiger partial charge in [0.05, 0.1) is 19.8 Å². The number of nitrogens with one attached hydrogen (secondary N) is 1. The minimum Gasteiger partial charge on any atom is -0.497 e. The fraction of sp³-hybridized carbons (Fsp3) is 0.571. The summed E-state index contributed by atoms with van der Waals surface area (Å²) in [7, 11) is 1.63. The molecule has 2 aromatic rings. The maximum atomic E-state index is 12.7. The molecule has 0 unspecified atom stereocenters. The molecule has 2 aliphatic rings. The molecule has 3 atom stereocenters. The van der Waals surface area contributed by atoms with Gasteiger partial charge in [0.2, 0.25) is 5.91 Å². The van der Waals surface area contributed by atoms with Crippen LogP contribution in [0.25, 0.3) is 11.0 Å². The van der Waals surface area contributed by atoms with E-state index in [9.17, 15) is 4.79 Å². The van der Waals surface area contributed by atoms with Crippen LogP contribution in [0.4, 0.5) is 0 Å². The highest BCUT2D eigenvalue weighted by Gasteiger charge is 2.61. The number of fused-ring (bicyclic) bond motifs is 3. The van der Waals surface area contributed by atoms with Gasteiger partial charge in [-0.2, -0.15) is 0 Å². The second-order valence-electron chi connectivity index (χ2n) is 8.53. The predicted octanol–water partition coefficient (Wildman–Crippen LogP) is 4.31. The first-order valence-corrected chi connectivity index (χ1v) is 9.18. The van der Waals surface area contributed by atoms with Gasteiger partial charge in [0, 0.05) is 23.1 Å². The lowest BCUT2D eigenvalue weighted by Gasteiger charge is -2.39. The molecule has 0 saturated heterocycles. The summed E-state index contributed by atoms with van der Waals surface area (Å²) in [6.07, 6.45) is 5.67. The van der Waals surface area contributed by atoms with Crippen LogP contribution < -0.4 is 10.1 Å². The number of methoxy groups -OCH3 is 1. The number of rotatable bonds is 4. The Morgan fingerprint density at radius 3 is 2.80 bits per heavy atom. The third-order valence-corrected chi connectivity index (χ3v) is 7.34. The van der Waals surface area contributed by atoms with Crippen molar-refractivity contribution >= 4 is 16.9 Å². The summed E-state index contributed by atoms with van der Waals surface area (Å²) in [4.78, 5) is 12.7. The number of carbonyl (C=O) groups excluding carboxylic acids is 1. The Morgan fingerprint density at radius 2 is 2.16 bits per heavy atom. The number of hydrogen-bond donors (Lipinski definition) is 1. The van der Waals surface area contributed by atoms with E-state index >= 15 is 0 Å². The third kappa shape index (κ3) is 2.37. The van der Waals surface area contributed by atoms with Crippen LogP contribution in [0.5, 0.6) is 5.75 Å². The topological polar surface area (TPSA) is 51.5 Å². The van der Waals surface area contributed by atoms with E-state index in [1.807, 2.05) is 18.2 Å². The van der Waals surface area contributed by atoms with Crippen molar-refractivity contribution < 1.29 is 13.9 Å². The zero-order valence-electron chi connectivity index (χ0n) is 15.5. The zero-order chi connectivity index (χ0) is 17.8. The Morgan fingerprint density at radius 1 is 1.36 bits per heavy atom. The first kappa shape index (κ1) is 16.5. The van der Waals surface area contributed by atoms with Gasteiger partial charge in [0.15, 0.2) is 0 Å². The average molecular weight is 341 g/mol. The molecule has 25 heavy (non-hydrogen) atoms. The van der Waals surface area contributed by atoms with Gasteiger partial charge in [-0.05, 0) is 48.1 Å². The Labute approximate surface area is 148 Å². The Bertz CT molecular complexity index is 822. The highest BCUT2D eigenvalue weighted by Crippen LogP contribution is 2.65. The molecule has 4 heteroatoms. The summed E-state index contributed by atoms with van der Waals surface area (Å²) in [5.41, 5.74) is 2.21. The lowest BCUT2D eigenvalue weighted by Crippen LogP contribution is -2.47. The van der Waals surface area contributed by atoms with Crippen molar-refractivity contribution in [2.45, 2.75) is 52.5 Å². The molecular weight excluding hydrogens is 314 g/mol. The Hall–Kier alpha value is -1.97. The van der Waals surface area contributed by atoms with Crippen molar-refractivity contribution in [1.82, 2.24) is 5.32 Å². The van der Waals surface area contributed by atoms with E-state index in [2.05, 4.69) is 26.1 Å². The molecular formula is C21H27NO3. The van der Waals surface area contributed by atoms with Crippen LogP contribution >= 0.6 is 0 Å². The van der Waals surface area contributed by atoms with Crippen molar-refractivity contribution in [3.8, 4) is 5.75 Å². The van der Waals surface area contributed by atoms with Crippen molar-refractivity contribution in [2.75, 3.05) is 7.11 Å². The van der Waals surface area contributed by atoms with Crippen LogP contribution in [0.2, 0.25) is 0 Å². The predicted molar refractivity (Wildman–Crippen MR) is 97.6 cm³/mol. The molecule has 2 aliphatic carbocycles. The molecule has 0 radical (unpaired) electrons. The molecule has 1 aromatic carbocycles. The van der Waals surface area contributed by atoms with Crippen molar-refractivity contribution in [2.24, 2.45) is 16.7 Å². The van der Waals surface area contributed by atoms with E-state index in [-0.39, 0.29) is 17.4 Å². The minimum absolute atomic E-state index is 0.0908. The molecule has 2 bridgehead atoms. The van der Waals surface area contributed by atoms with Crippen molar-refractivity contribution in [3.05, 3.63) is 30.0 Å². The van der Waals surface area contributed by atoms with Gasteiger partial charge in [-0.1, -0.05) is 20.8 Å². The van der Waals surface area contributed by atoms with Gasteiger partial charge in [0.1, 0.15) is 11.3 Å². The van der Waals surface area contributed by atoms with Gasteiger partial charge in [-0.15, -0.1) is 0 Å². The molecule has 2 saturated carbocycles. The SMILES string of the molecule is COc1ccc2c(CC(=O)N[C@@H]3C[C@H]4CC[C@@]3(C)C4(C)C)coc2c1. The van der Waals surface area contributed by atoms with Crippen molar-refractivity contribution in [3.63, 3.8) is 0 Å². The van der Waals surface area contributed by atoms with Crippen LogP contribution in [0.3, 0.4) is 0 Å². The first-order chi connectivity index (χ1) is 11.8. The maximum absolute atomic E-state index is 12.7. The van der Waals surface area contributed by atoms with Gasteiger partial charge in [0.25, 0.3) is 0 Å². The summed E-state index contributed by atoms with van der Waals surface area (Å²) < 4.78 is 10.8. The molecule has 0 aliphatic heterocycles. The van der Waals surface area contributed by atoms with E-state index in [0.29, 0.717) is 11.8 Å². The summed E-state index contributed by atoms with van der Waals surface area (Å²) in [6.45, 7) is 7.09. The second kappa shape index (κ2) is 5.52. The van der Waals surface area contributed by atoms with Crippen LogP contribution in [-0.4, -0.2) is 19.1 Å². The molecule has 1 N–H and O–H groups in total. The minimum atomic E-state index is 0.0908. The highest BCUT2D eigenvalue weighted by molar-refractivity contribution is 5.88. The number of benzene rings is 1. The molecule has 134 valence electrons. The van der Waals surface area contributed by atoms with Crippen LogP contribution in [0.15, 0.2) is 28.9 Å². The number of ether oxygens (including phenoxy) is 1. The fourth-order valence-electron chi connectivity index (χ4n) is 5.17. The number of hydrogen-bond acceptors (Lipinski definition) is 3. The lowest BCUT2D eigenvalue weighted by molar-refractivity contribution is -0.122. The summed E-state index contributed by atoms with van der Waals surface area (Å²) in [6, 6.07) is 6.00. The Kier molecular flexibility index (Phi) is 3.64. The lowest BCUT2D eigenvalue weighted by atomic mass is 9.69. The highest BCUT2D eigenvalue weighted by atomic mass is 16.5. The summed E-state index contributed by atoms with van der Waals surface area (Å²) >= 11 is 0. The van der Waals surface area contributed by atoms with E-state index in [0.717, 1.165) is 34.6 Å². The quantitative estimate of drug-likeness (QED) is 0.901. The van der Waals surface area contributed by atoms with Crippen LogP contribution in [0.1, 0.15) is 45.6 Å². The molecule has 1 heterocycles. The molecule has 4 nitrogen and oxygen atoms in total. The second-order valence-corrected chi connectivity index (χ2v) is 8.53. The van der Waals surface area contributed by atoms with Crippen molar-refractivity contribution in [1.29, 1.82) is 0 Å². The average Bonchev–Trinajstić information content (AvgIpc) is 3.13. The molecule has 2 fully saturated rings. The number of amides is 1. The van der Waals surface area contributed by atoms with E-state index in [1.54, 1.807) is 13.4 Å². The number of carbonyl (C=O) groups is 1. The standard InChI is InChI=1S/C21H27NO3/c1-20(2)14-7-8-21(20,3)18(10-14)22-19(23)9-13-12-25-17-11-15(24-4)5-6-16(13)17/h5-6,11-12,14,18H,7-10H2,1-4H3,(H,22,23)/t14-,18-,21-/m1/s1. The third-order valence-electron chi connectivity index (χ3n) is 7.34. The van der Waals surface area contributed by atoms with Gasteiger partial charge < -0.3 is 14.5 Å². The van der Waals surface area contributed by atoms with E-state index in [4.69, 9.17) is 9.15 Å². The molecule has 4 rings (SSSR count). The monoisotopic (exact) mass is 341 g/mol. The van der Waals surface area contributed by atoms with Crippen LogP contribution in [-0.2, 0) is 11.2 Å². The number of furan rings is 1. The Balaban J connectivity index is 1.49. The zero-order valence-corrected chi connectivity index (χ0v) is 15.5. The largest absolute Gasteiger partial charge is 0.497 e. The van der Waals surface area contributed by atoms with E-state index in [1.165, 1.54) is 12.8 Å². The van der Waals surface area contributed by atoms with Gasteiger partial charge >= 0.3 is 0 Å². The normalized spacial score (nSPS) is 29.9. The molecule has 0 spiro atoms. The van der Waals surface area contributed by atoms with Crippen LogP contribution in [0, 0.1) is 16.7 Å². The van der Waals surface area contributed by atoms with Gasteiger partial charge in [-0.3, -0.25) is 4.79 Å². The fourth-order valence-corrected chi connectivity index (χ4v) is 5.17. The van der Waals surface area contributed by atoms with E-state index < -0.39 is 0 Å². The first-order valence-electron chi connectivity index (χ1n) is 9.18. The smallest absolute Gasteiger partial charge is 0.224 e. The summed E-state index contributed by atoms with van der Waals surface area (Å²) in [5, 5.41) is 4.31. The maximum Gasteiger partial charge on any atom is 0.224 e. The van der Waals surface area contributed by atoms with Gasteiger partial charge in [-0.25, -0.2) is 0 Å². The summed E-state index contributed by atoms with van der Waals surface area (Å²) in [5.74, 6) is 1.58. The molecule has 1 amide bonds.